The van der Waals surface area contributed by atoms with Crippen molar-refractivity contribution in [3.8, 4) is 0 Å². The molecule has 0 spiro atoms. The molecule has 0 aliphatic heterocycles. The standard InChI is InChI=1S/C11H20N2O3S/c1-3-6-17(14,15)7-5-12-9-11-13-8-10(4-2)16-11/h8,12H,3-7,9H2,1-2H3. The highest BCUT2D eigenvalue weighted by molar-refractivity contribution is 7.91. The van der Waals surface area contributed by atoms with Crippen LogP contribution in [0, 0.1) is 0 Å². The van der Waals surface area contributed by atoms with Crippen molar-refractivity contribution < 1.29 is 12.8 Å². The lowest BCUT2D eigenvalue weighted by Gasteiger charge is -2.03. The largest absolute Gasteiger partial charge is 0.444 e. The Morgan fingerprint density at radius 1 is 1.35 bits per heavy atom. The van der Waals surface area contributed by atoms with Gasteiger partial charge in [0.05, 0.1) is 18.5 Å². The summed E-state index contributed by atoms with van der Waals surface area (Å²) in [6.07, 6.45) is 3.19. The first-order chi connectivity index (χ1) is 8.07. The molecule has 0 aliphatic carbocycles. The van der Waals surface area contributed by atoms with Crippen molar-refractivity contribution in [2.45, 2.75) is 33.2 Å². The quantitative estimate of drug-likeness (QED) is 0.710. The van der Waals surface area contributed by atoms with Crippen molar-refractivity contribution in [1.82, 2.24) is 10.3 Å². The van der Waals surface area contributed by atoms with Crippen LogP contribution in [0.4, 0.5) is 0 Å². The third-order valence-corrected chi connectivity index (χ3v) is 4.19. The van der Waals surface area contributed by atoms with E-state index in [0.717, 1.165) is 12.2 Å². The van der Waals surface area contributed by atoms with Crippen LogP contribution >= 0.6 is 0 Å². The summed E-state index contributed by atoms with van der Waals surface area (Å²) >= 11 is 0. The molecule has 0 unspecified atom stereocenters. The van der Waals surface area contributed by atoms with Gasteiger partial charge in [0.25, 0.3) is 0 Å². The number of aryl methyl sites for hydroxylation is 1. The molecule has 0 saturated heterocycles. The van der Waals surface area contributed by atoms with Crippen LogP contribution in [0.25, 0.3) is 0 Å². The SMILES string of the molecule is CCCS(=O)(=O)CCNCc1ncc(CC)o1. The second-order valence-electron chi connectivity index (χ2n) is 3.90. The lowest BCUT2D eigenvalue weighted by molar-refractivity contribution is 0.442. The highest BCUT2D eigenvalue weighted by Gasteiger charge is 2.08. The van der Waals surface area contributed by atoms with Gasteiger partial charge in [-0.1, -0.05) is 13.8 Å². The van der Waals surface area contributed by atoms with Crippen molar-refractivity contribution in [3.05, 3.63) is 17.8 Å². The van der Waals surface area contributed by atoms with Crippen LogP contribution in [0.1, 0.15) is 31.9 Å². The van der Waals surface area contributed by atoms with E-state index in [1.165, 1.54) is 0 Å². The van der Waals surface area contributed by atoms with Crippen LogP contribution in [0.15, 0.2) is 10.6 Å². The number of nitrogens with zero attached hydrogens (tertiary/aromatic N) is 1. The molecule has 0 aromatic carbocycles. The average molecular weight is 260 g/mol. The summed E-state index contributed by atoms with van der Waals surface area (Å²) in [5, 5.41) is 3.02. The molecule has 1 aromatic heterocycles. The third-order valence-electron chi connectivity index (χ3n) is 2.33. The molecule has 5 nitrogen and oxygen atoms in total. The van der Waals surface area contributed by atoms with E-state index < -0.39 is 9.84 Å². The Labute approximate surface area is 103 Å². The minimum Gasteiger partial charge on any atom is -0.444 e. The van der Waals surface area contributed by atoms with Crippen LogP contribution in [-0.2, 0) is 22.8 Å². The first-order valence-electron chi connectivity index (χ1n) is 5.92. The third kappa shape index (κ3) is 5.32. The van der Waals surface area contributed by atoms with Gasteiger partial charge in [0.1, 0.15) is 5.76 Å². The van der Waals surface area contributed by atoms with Gasteiger partial charge in [0.2, 0.25) is 5.89 Å². The van der Waals surface area contributed by atoms with E-state index in [0.29, 0.717) is 25.4 Å². The Balaban J connectivity index is 2.24. The van der Waals surface area contributed by atoms with E-state index in [-0.39, 0.29) is 11.5 Å². The molecule has 1 aromatic rings. The molecule has 0 fully saturated rings. The van der Waals surface area contributed by atoms with Crippen molar-refractivity contribution in [3.63, 3.8) is 0 Å². The summed E-state index contributed by atoms with van der Waals surface area (Å²) in [6, 6.07) is 0. The van der Waals surface area contributed by atoms with Gasteiger partial charge in [-0.3, -0.25) is 0 Å². The number of hydrogen-bond acceptors (Lipinski definition) is 5. The van der Waals surface area contributed by atoms with E-state index >= 15 is 0 Å². The van der Waals surface area contributed by atoms with Gasteiger partial charge in [0, 0.05) is 18.7 Å². The molecule has 0 bridgehead atoms. The predicted molar refractivity (Wildman–Crippen MR) is 66.5 cm³/mol. The fraction of sp³-hybridized carbons (Fsp3) is 0.727. The number of sulfone groups is 1. The number of hydrogen-bond donors (Lipinski definition) is 1. The van der Waals surface area contributed by atoms with Gasteiger partial charge in [-0.2, -0.15) is 0 Å². The van der Waals surface area contributed by atoms with Crippen molar-refractivity contribution in [1.29, 1.82) is 0 Å². The molecule has 6 heteroatoms. The zero-order valence-corrected chi connectivity index (χ0v) is 11.2. The molecule has 0 radical (unpaired) electrons. The topological polar surface area (TPSA) is 72.2 Å². The number of nitrogens with one attached hydrogen (secondary N) is 1. The Morgan fingerprint density at radius 3 is 2.71 bits per heavy atom. The first kappa shape index (κ1) is 14.2. The Morgan fingerprint density at radius 2 is 2.12 bits per heavy atom. The minimum atomic E-state index is -2.90. The van der Waals surface area contributed by atoms with E-state index in [1.807, 2.05) is 13.8 Å². The van der Waals surface area contributed by atoms with E-state index in [2.05, 4.69) is 10.3 Å². The van der Waals surface area contributed by atoms with Crippen molar-refractivity contribution in [2.75, 3.05) is 18.1 Å². The van der Waals surface area contributed by atoms with Crippen molar-refractivity contribution in [2.24, 2.45) is 0 Å². The fourth-order valence-electron chi connectivity index (χ4n) is 1.43. The molecule has 1 heterocycles. The van der Waals surface area contributed by atoms with Gasteiger partial charge in [-0.05, 0) is 6.42 Å². The predicted octanol–water partition coefficient (Wildman–Crippen LogP) is 1.15. The van der Waals surface area contributed by atoms with Gasteiger partial charge >= 0.3 is 0 Å². The highest BCUT2D eigenvalue weighted by Crippen LogP contribution is 2.03. The van der Waals surface area contributed by atoms with Gasteiger partial charge in [0.15, 0.2) is 9.84 Å². The Kier molecular flexibility index (Phi) is 5.64. The number of oxazole rings is 1. The molecule has 0 aliphatic rings. The maximum absolute atomic E-state index is 11.4. The zero-order valence-electron chi connectivity index (χ0n) is 10.4. The summed E-state index contributed by atoms with van der Waals surface area (Å²) in [4.78, 5) is 4.08. The van der Waals surface area contributed by atoms with E-state index in [1.54, 1.807) is 6.20 Å². The second kappa shape index (κ2) is 6.76. The maximum atomic E-state index is 11.4. The van der Waals surface area contributed by atoms with E-state index in [4.69, 9.17) is 4.42 Å². The summed E-state index contributed by atoms with van der Waals surface area (Å²) in [5.41, 5.74) is 0. The highest BCUT2D eigenvalue weighted by atomic mass is 32.2. The molecule has 98 valence electrons. The smallest absolute Gasteiger partial charge is 0.208 e. The van der Waals surface area contributed by atoms with Crippen LogP contribution in [0.5, 0.6) is 0 Å². The number of rotatable bonds is 8. The molecule has 17 heavy (non-hydrogen) atoms. The van der Waals surface area contributed by atoms with Gasteiger partial charge < -0.3 is 9.73 Å². The van der Waals surface area contributed by atoms with E-state index in [9.17, 15) is 8.42 Å². The average Bonchev–Trinajstić information content (AvgIpc) is 2.72. The summed E-state index contributed by atoms with van der Waals surface area (Å²) in [5.74, 6) is 1.88. The number of aromatic nitrogens is 1. The Hall–Kier alpha value is -0.880. The first-order valence-corrected chi connectivity index (χ1v) is 7.74. The normalized spacial score (nSPS) is 11.9. The van der Waals surface area contributed by atoms with Crippen molar-refractivity contribution >= 4 is 9.84 Å². The van der Waals surface area contributed by atoms with Crippen LogP contribution in [0.2, 0.25) is 0 Å². The Bertz CT molecular complexity index is 426. The van der Waals surface area contributed by atoms with Gasteiger partial charge in [-0.25, -0.2) is 13.4 Å². The zero-order chi connectivity index (χ0) is 12.7. The molecule has 0 atom stereocenters. The molecule has 0 amide bonds. The summed E-state index contributed by atoms with van der Waals surface area (Å²) in [7, 11) is -2.90. The lowest BCUT2D eigenvalue weighted by Crippen LogP contribution is -2.24. The monoisotopic (exact) mass is 260 g/mol. The van der Waals surface area contributed by atoms with Crippen LogP contribution in [-0.4, -0.2) is 31.5 Å². The fourth-order valence-corrected chi connectivity index (χ4v) is 2.71. The lowest BCUT2D eigenvalue weighted by atomic mass is 10.4. The maximum Gasteiger partial charge on any atom is 0.208 e. The molecule has 1 rings (SSSR count). The van der Waals surface area contributed by atoms with Crippen LogP contribution < -0.4 is 5.32 Å². The molecule has 0 saturated carbocycles. The molecular weight excluding hydrogens is 240 g/mol. The second-order valence-corrected chi connectivity index (χ2v) is 6.21. The summed E-state index contributed by atoms with van der Waals surface area (Å²) in [6.45, 7) is 4.77. The molecular formula is C11H20N2O3S. The molecule has 1 N–H and O–H groups in total. The van der Waals surface area contributed by atoms with Crippen LogP contribution in [0.3, 0.4) is 0 Å². The van der Waals surface area contributed by atoms with Gasteiger partial charge in [-0.15, -0.1) is 0 Å². The summed E-state index contributed by atoms with van der Waals surface area (Å²) < 4.78 is 28.2. The minimum absolute atomic E-state index is 0.169.